The Labute approximate surface area is 103 Å². The van der Waals surface area contributed by atoms with Crippen LogP contribution in [0.3, 0.4) is 0 Å². The highest BCUT2D eigenvalue weighted by atomic mass is 15.2. The van der Waals surface area contributed by atoms with Gasteiger partial charge in [-0.1, -0.05) is 13.0 Å². The molecule has 0 spiro atoms. The van der Waals surface area contributed by atoms with E-state index in [1.165, 1.54) is 19.3 Å². The molecule has 2 rings (SSSR count). The molecular formula is C14H19N3. The minimum absolute atomic E-state index is 0.571. The fourth-order valence-electron chi connectivity index (χ4n) is 2.71. The summed E-state index contributed by atoms with van der Waals surface area (Å²) >= 11 is 0. The Bertz CT molecular complexity index is 422. The molecule has 1 fully saturated rings. The molecule has 1 saturated heterocycles. The summed E-state index contributed by atoms with van der Waals surface area (Å²) in [4.78, 5) is 6.64. The molecule has 1 aromatic rings. The van der Waals surface area contributed by atoms with E-state index in [-0.39, 0.29) is 0 Å². The first-order chi connectivity index (χ1) is 8.26. The maximum Gasteiger partial charge on any atom is 0.144 e. The Morgan fingerprint density at radius 1 is 1.53 bits per heavy atom. The number of nitrogens with zero attached hydrogens (tertiary/aromatic N) is 3. The normalized spacial score (nSPS) is 24.8. The zero-order chi connectivity index (χ0) is 12.3. The van der Waals surface area contributed by atoms with Crippen molar-refractivity contribution in [3.05, 3.63) is 29.6 Å². The van der Waals surface area contributed by atoms with Gasteiger partial charge in [0.25, 0.3) is 0 Å². The third-order valence-electron chi connectivity index (χ3n) is 3.77. The maximum atomic E-state index is 9.05. The zero-order valence-electron chi connectivity index (χ0n) is 10.6. The number of pyridine rings is 1. The lowest BCUT2D eigenvalue weighted by atomic mass is 10.1. The number of nitriles is 1. The van der Waals surface area contributed by atoms with Gasteiger partial charge < -0.3 is 0 Å². The Balaban J connectivity index is 2.17. The third-order valence-corrected chi connectivity index (χ3v) is 3.77. The Morgan fingerprint density at radius 2 is 2.35 bits per heavy atom. The molecule has 0 aliphatic carbocycles. The van der Waals surface area contributed by atoms with Gasteiger partial charge in [0.2, 0.25) is 0 Å². The number of likely N-dealkylation sites (tertiary alicyclic amines) is 1. The molecule has 0 N–H and O–H groups in total. The number of hydrogen-bond donors (Lipinski definition) is 0. The van der Waals surface area contributed by atoms with Crippen LogP contribution in [0.2, 0.25) is 0 Å². The second-order valence-electron chi connectivity index (χ2n) is 4.78. The summed E-state index contributed by atoms with van der Waals surface area (Å²) in [5, 5.41) is 9.05. The van der Waals surface area contributed by atoms with Gasteiger partial charge in [0, 0.05) is 30.4 Å². The standard InChI is InChI=1S/C14H19N3/c1-3-13-7-6-11(2)17(13)10-12-5-4-8-16-14(12)9-15/h4-5,8,11,13H,3,6-7,10H2,1-2H3. The summed E-state index contributed by atoms with van der Waals surface area (Å²) < 4.78 is 0. The van der Waals surface area contributed by atoms with Crippen LogP contribution in [0, 0.1) is 11.3 Å². The molecule has 0 aromatic carbocycles. The van der Waals surface area contributed by atoms with Crippen LogP contribution in [0.25, 0.3) is 0 Å². The third kappa shape index (κ3) is 2.48. The molecule has 1 aromatic heterocycles. The Kier molecular flexibility index (Phi) is 3.75. The summed E-state index contributed by atoms with van der Waals surface area (Å²) in [5.41, 5.74) is 1.63. The Morgan fingerprint density at radius 3 is 3.06 bits per heavy atom. The fourth-order valence-corrected chi connectivity index (χ4v) is 2.71. The highest BCUT2D eigenvalue weighted by molar-refractivity contribution is 5.30. The summed E-state index contributed by atoms with van der Waals surface area (Å²) in [6.45, 7) is 5.37. The van der Waals surface area contributed by atoms with E-state index >= 15 is 0 Å². The SMILES string of the molecule is CCC1CCC(C)N1Cc1cccnc1C#N. The van der Waals surface area contributed by atoms with E-state index in [2.05, 4.69) is 29.8 Å². The smallest absolute Gasteiger partial charge is 0.144 e. The molecule has 2 heterocycles. The van der Waals surface area contributed by atoms with E-state index in [1.54, 1.807) is 6.20 Å². The predicted molar refractivity (Wildman–Crippen MR) is 67.3 cm³/mol. The minimum atomic E-state index is 0.571. The van der Waals surface area contributed by atoms with Crippen molar-refractivity contribution in [3.63, 3.8) is 0 Å². The van der Waals surface area contributed by atoms with Crippen molar-refractivity contribution in [2.24, 2.45) is 0 Å². The first-order valence-electron chi connectivity index (χ1n) is 6.36. The molecule has 17 heavy (non-hydrogen) atoms. The van der Waals surface area contributed by atoms with Gasteiger partial charge in [-0.3, -0.25) is 4.90 Å². The van der Waals surface area contributed by atoms with Crippen LogP contribution in [0.15, 0.2) is 18.3 Å². The summed E-state index contributed by atoms with van der Waals surface area (Å²) in [6.07, 6.45) is 5.42. The van der Waals surface area contributed by atoms with Crippen LogP contribution in [-0.2, 0) is 6.54 Å². The predicted octanol–water partition coefficient (Wildman–Crippen LogP) is 2.72. The van der Waals surface area contributed by atoms with E-state index in [0.29, 0.717) is 17.8 Å². The molecule has 0 radical (unpaired) electrons. The van der Waals surface area contributed by atoms with Crippen molar-refractivity contribution in [2.45, 2.75) is 51.7 Å². The van der Waals surface area contributed by atoms with E-state index in [9.17, 15) is 0 Å². The molecule has 3 heteroatoms. The quantitative estimate of drug-likeness (QED) is 0.800. The van der Waals surface area contributed by atoms with Crippen molar-refractivity contribution in [2.75, 3.05) is 0 Å². The lowest BCUT2D eigenvalue weighted by molar-refractivity contribution is 0.189. The van der Waals surface area contributed by atoms with Gasteiger partial charge in [-0.15, -0.1) is 0 Å². The highest BCUT2D eigenvalue weighted by Crippen LogP contribution is 2.28. The van der Waals surface area contributed by atoms with Gasteiger partial charge in [-0.25, -0.2) is 4.98 Å². The van der Waals surface area contributed by atoms with E-state index in [0.717, 1.165) is 12.1 Å². The maximum absolute atomic E-state index is 9.05. The van der Waals surface area contributed by atoms with Crippen LogP contribution in [0.1, 0.15) is 44.4 Å². The molecule has 0 bridgehead atoms. The molecule has 0 saturated carbocycles. The summed E-state index contributed by atoms with van der Waals surface area (Å²) in [7, 11) is 0. The van der Waals surface area contributed by atoms with E-state index in [1.807, 2.05) is 12.1 Å². The van der Waals surface area contributed by atoms with Crippen molar-refractivity contribution >= 4 is 0 Å². The first kappa shape index (κ1) is 12.1. The van der Waals surface area contributed by atoms with Crippen LogP contribution < -0.4 is 0 Å². The number of rotatable bonds is 3. The number of hydrogen-bond acceptors (Lipinski definition) is 3. The van der Waals surface area contributed by atoms with Gasteiger partial charge in [-0.05, 0) is 32.3 Å². The minimum Gasteiger partial charge on any atom is -0.293 e. The van der Waals surface area contributed by atoms with Crippen molar-refractivity contribution in [3.8, 4) is 6.07 Å². The van der Waals surface area contributed by atoms with Gasteiger partial charge >= 0.3 is 0 Å². The molecule has 1 aliphatic heterocycles. The average Bonchev–Trinajstić information content (AvgIpc) is 2.71. The first-order valence-corrected chi connectivity index (χ1v) is 6.36. The largest absolute Gasteiger partial charge is 0.293 e. The van der Waals surface area contributed by atoms with E-state index < -0.39 is 0 Å². The molecule has 3 nitrogen and oxygen atoms in total. The van der Waals surface area contributed by atoms with Crippen molar-refractivity contribution < 1.29 is 0 Å². The second-order valence-corrected chi connectivity index (χ2v) is 4.78. The molecule has 2 unspecified atom stereocenters. The van der Waals surface area contributed by atoms with Crippen LogP contribution in [-0.4, -0.2) is 22.0 Å². The van der Waals surface area contributed by atoms with Crippen LogP contribution in [0.4, 0.5) is 0 Å². The monoisotopic (exact) mass is 229 g/mol. The highest BCUT2D eigenvalue weighted by Gasteiger charge is 2.29. The fraction of sp³-hybridized carbons (Fsp3) is 0.571. The van der Waals surface area contributed by atoms with E-state index in [4.69, 9.17) is 5.26 Å². The van der Waals surface area contributed by atoms with Gasteiger partial charge in [0.1, 0.15) is 11.8 Å². The second kappa shape index (κ2) is 5.29. The average molecular weight is 229 g/mol. The zero-order valence-corrected chi connectivity index (χ0v) is 10.6. The molecule has 1 aliphatic rings. The van der Waals surface area contributed by atoms with Crippen molar-refractivity contribution in [1.82, 2.24) is 9.88 Å². The lowest BCUT2D eigenvalue weighted by Crippen LogP contribution is -2.33. The molecule has 90 valence electrons. The van der Waals surface area contributed by atoms with Gasteiger partial charge in [0.15, 0.2) is 0 Å². The van der Waals surface area contributed by atoms with Gasteiger partial charge in [-0.2, -0.15) is 5.26 Å². The molecule has 0 amide bonds. The summed E-state index contributed by atoms with van der Waals surface area (Å²) in [5.74, 6) is 0. The van der Waals surface area contributed by atoms with Crippen LogP contribution in [0.5, 0.6) is 0 Å². The van der Waals surface area contributed by atoms with Gasteiger partial charge in [0.05, 0.1) is 0 Å². The molecular weight excluding hydrogens is 210 g/mol. The Hall–Kier alpha value is -1.40. The van der Waals surface area contributed by atoms with Crippen molar-refractivity contribution in [1.29, 1.82) is 5.26 Å². The topological polar surface area (TPSA) is 39.9 Å². The van der Waals surface area contributed by atoms with Crippen LogP contribution >= 0.6 is 0 Å². The number of aromatic nitrogens is 1. The lowest BCUT2D eigenvalue weighted by Gasteiger charge is -2.27. The summed E-state index contributed by atoms with van der Waals surface area (Å²) in [6, 6.07) is 7.39. The molecule has 2 atom stereocenters.